The zero-order valence-corrected chi connectivity index (χ0v) is 13.7. The highest BCUT2D eigenvalue weighted by atomic mass is 16.5. The van der Waals surface area contributed by atoms with Gasteiger partial charge < -0.3 is 14.2 Å². The lowest BCUT2D eigenvalue weighted by Crippen LogP contribution is -2.39. The van der Waals surface area contributed by atoms with E-state index in [4.69, 9.17) is 4.74 Å². The molecule has 0 amide bonds. The third kappa shape index (κ3) is 3.49. The van der Waals surface area contributed by atoms with Gasteiger partial charge in [0.15, 0.2) is 0 Å². The van der Waals surface area contributed by atoms with Crippen LogP contribution in [-0.4, -0.2) is 38.7 Å². The minimum Gasteiger partial charge on any atom is -0.473 e. The lowest BCUT2D eigenvalue weighted by molar-refractivity contribution is 0.161. The Balaban J connectivity index is 1.63. The SMILES string of the molecule is Cc1cnc(C)c(OC2CCN(c3cc(=O)n(C)cn3)CC2)n1. The Morgan fingerprint density at radius 1 is 1.22 bits per heavy atom. The van der Waals surface area contributed by atoms with Crippen molar-refractivity contribution in [1.29, 1.82) is 0 Å². The normalized spacial score (nSPS) is 15.7. The maximum absolute atomic E-state index is 11.7. The molecule has 0 atom stereocenters. The van der Waals surface area contributed by atoms with Gasteiger partial charge in [0, 0.05) is 45.2 Å². The molecule has 0 unspecified atom stereocenters. The van der Waals surface area contributed by atoms with E-state index in [0.717, 1.165) is 43.1 Å². The number of hydrogen-bond donors (Lipinski definition) is 0. The van der Waals surface area contributed by atoms with Gasteiger partial charge in [0.1, 0.15) is 11.9 Å². The molecule has 2 aromatic heterocycles. The number of ether oxygens (including phenoxy) is 1. The molecule has 1 aliphatic rings. The first-order valence-electron chi connectivity index (χ1n) is 7.77. The molecule has 0 N–H and O–H groups in total. The second-order valence-electron chi connectivity index (χ2n) is 5.90. The van der Waals surface area contributed by atoms with Gasteiger partial charge in [-0.1, -0.05) is 0 Å². The summed E-state index contributed by atoms with van der Waals surface area (Å²) < 4.78 is 7.48. The predicted molar refractivity (Wildman–Crippen MR) is 86.8 cm³/mol. The highest BCUT2D eigenvalue weighted by Gasteiger charge is 2.23. The molecule has 7 nitrogen and oxygen atoms in total. The van der Waals surface area contributed by atoms with Crippen molar-refractivity contribution in [2.24, 2.45) is 7.05 Å². The molecule has 0 aromatic carbocycles. The molecule has 3 rings (SSSR count). The summed E-state index contributed by atoms with van der Waals surface area (Å²) in [6.07, 6.45) is 5.16. The fourth-order valence-corrected chi connectivity index (χ4v) is 2.61. The molecular formula is C16H21N5O2. The van der Waals surface area contributed by atoms with Crippen LogP contribution in [0.1, 0.15) is 24.2 Å². The van der Waals surface area contributed by atoms with E-state index in [1.165, 1.54) is 4.57 Å². The first-order chi connectivity index (χ1) is 11.0. The Morgan fingerprint density at radius 2 is 1.96 bits per heavy atom. The summed E-state index contributed by atoms with van der Waals surface area (Å²) in [4.78, 5) is 26.8. The third-order valence-electron chi connectivity index (χ3n) is 4.04. The van der Waals surface area contributed by atoms with Crippen LogP contribution in [0.25, 0.3) is 0 Å². The Labute approximate surface area is 135 Å². The Kier molecular flexibility index (Phi) is 4.27. The van der Waals surface area contributed by atoms with Crippen molar-refractivity contribution in [3.05, 3.63) is 40.3 Å². The maximum atomic E-state index is 11.7. The summed E-state index contributed by atoms with van der Waals surface area (Å²) in [5.74, 6) is 1.35. The van der Waals surface area contributed by atoms with Crippen LogP contribution in [0.2, 0.25) is 0 Å². The van der Waals surface area contributed by atoms with Gasteiger partial charge in [-0.25, -0.2) is 9.97 Å². The Bertz CT molecular complexity index is 750. The molecule has 0 saturated carbocycles. The minimum atomic E-state index is -0.0426. The fraction of sp³-hybridized carbons (Fsp3) is 0.500. The van der Waals surface area contributed by atoms with Crippen LogP contribution >= 0.6 is 0 Å². The molecule has 23 heavy (non-hydrogen) atoms. The largest absolute Gasteiger partial charge is 0.473 e. The number of piperidine rings is 1. The van der Waals surface area contributed by atoms with Gasteiger partial charge in [0.25, 0.3) is 5.56 Å². The van der Waals surface area contributed by atoms with Crippen LogP contribution in [-0.2, 0) is 7.05 Å². The zero-order chi connectivity index (χ0) is 16.4. The summed E-state index contributed by atoms with van der Waals surface area (Å²) in [6.45, 7) is 5.43. The first kappa shape index (κ1) is 15.5. The van der Waals surface area contributed by atoms with Gasteiger partial charge in [0.2, 0.25) is 5.88 Å². The Morgan fingerprint density at radius 3 is 2.65 bits per heavy atom. The summed E-state index contributed by atoms with van der Waals surface area (Å²) in [5, 5.41) is 0. The number of aryl methyl sites for hydroxylation is 3. The zero-order valence-electron chi connectivity index (χ0n) is 13.7. The minimum absolute atomic E-state index is 0.0426. The summed E-state index contributed by atoms with van der Waals surface area (Å²) >= 11 is 0. The molecule has 1 aliphatic heterocycles. The quantitative estimate of drug-likeness (QED) is 0.848. The van der Waals surface area contributed by atoms with E-state index in [1.807, 2.05) is 13.8 Å². The van der Waals surface area contributed by atoms with Crippen molar-refractivity contribution in [1.82, 2.24) is 19.5 Å². The monoisotopic (exact) mass is 315 g/mol. The van der Waals surface area contributed by atoms with Crippen LogP contribution in [0.15, 0.2) is 23.4 Å². The summed E-state index contributed by atoms with van der Waals surface area (Å²) in [5.41, 5.74) is 1.62. The lowest BCUT2D eigenvalue weighted by atomic mass is 10.1. The van der Waals surface area contributed by atoms with Crippen molar-refractivity contribution in [2.75, 3.05) is 18.0 Å². The van der Waals surface area contributed by atoms with E-state index in [9.17, 15) is 4.79 Å². The molecule has 0 radical (unpaired) electrons. The molecule has 1 fully saturated rings. The second-order valence-corrected chi connectivity index (χ2v) is 5.90. The number of rotatable bonds is 3. The number of hydrogen-bond acceptors (Lipinski definition) is 6. The molecule has 0 bridgehead atoms. The highest BCUT2D eigenvalue weighted by Crippen LogP contribution is 2.21. The van der Waals surface area contributed by atoms with Crippen molar-refractivity contribution in [3.63, 3.8) is 0 Å². The van der Waals surface area contributed by atoms with Gasteiger partial charge in [0.05, 0.1) is 17.7 Å². The van der Waals surface area contributed by atoms with Crippen LogP contribution in [0.4, 0.5) is 5.82 Å². The summed E-state index contributed by atoms with van der Waals surface area (Å²) in [7, 11) is 1.70. The van der Waals surface area contributed by atoms with E-state index in [1.54, 1.807) is 25.6 Å². The van der Waals surface area contributed by atoms with E-state index in [-0.39, 0.29) is 11.7 Å². The average Bonchev–Trinajstić information content (AvgIpc) is 2.54. The van der Waals surface area contributed by atoms with Crippen LogP contribution in [0, 0.1) is 13.8 Å². The lowest BCUT2D eigenvalue weighted by Gasteiger charge is -2.32. The molecular weight excluding hydrogens is 294 g/mol. The van der Waals surface area contributed by atoms with E-state index < -0.39 is 0 Å². The average molecular weight is 315 g/mol. The Hall–Kier alpha value is -2.44. The fourth-order valence-electron chi connectivity index (χ4n) is 2.61. The van der Waals surface area contributed by atoms with E-state index in [0.29, 0.717) is 5.88 Å². The molecule has 7 heteroatoms. The van der Waals surface area contributed by atoms with E-state index in [2.05, 4.69) is 19.9 Å². The van der Waals surface area contributed by atoms with Gasteiger partial charge in [-0.2, -0.15) is 0 Å². The standard InChI is InChI=1S/C16H21N5O2/c1-11-9-17-12(2)16(19-11)23-13-4-6-21(7-5-13)14-8-15(22)20(3)10-18-14/h8-10,13H,4-7H2,1-3H3. The molecule has 1 saturated heterocycles. The van der Waals surface area contributed by atoms with Crippen molar-refractivity contribution in [3.8, 4) is 5.88 Å². The van der Waals surface area contributed by atoms with Crippen molar-refractivity contribution >= 4 is 5.82 Å². The molecule has 3 heterocycles. The van der Waals surface area contributed by atoms with Crippen molar-refractivity contribution in [2.45, 2.75) is 32.8 Å². The molecule has 0 spiro atoms. The van der Waals surface area contributed by atoms with Gasteiger partial charge in [-0.15, -0.1) is 0 Å². The highest BCUT2D eigenvalue weighted by molar-refractivity contribution is 5.37. The van der Waals surface area contributed by atoms with Crippen LogP contribution in [0.5, 0.6) is 5.88 Å². The van der Waals surface area contributed by atoms with Gasteiger partial charge >= 0.3 is 0 Å². The number of anilines is 1. The van der Waals surface area contributed by atoms with E-state index >= 15 is 0 Å². The number of aromatic nitrogens is 4. The van der Waals surface area contributed by atoms with Crippen molar-refractivity contribution < 1.29 is 4.74 Å². The first-order valence-corrected chi connectivity index (χ1v) is 7.77. The smallest absolute Gasteiger partial charge is 0.255 e. The topological polar surface area (TPSA) is 73.1 Å². The van der Waals surface area contributed by atoms with Crippen LogP contribution in [0.3, 0.4) is 0 Å². The van der Waals surface area contributed by atoms with Crippen LogP contribution < -0.4 is 15.2 Å². The maximum Gasteiger partial charge on any atom is 0.255 e. The van der Waals surface area contributed by atoms with Gasteiger partial charge in [-0.05, 0) is 13.8 Å². The second kappa shape index (κ2) is 6.36. The van der Waals surface area contributed by atoms with Gasteiger partial charge in [-0.3, -0.25) is 9.78 Å². The third-order valence-corrected chi connectivity index (χ3v) is 4.04. The number of nitrogens with zero attached hydrogens (tertiary/aromatic N) is 5. The summed E-state index contributed by atoms with van der Waals surface area (Å²) in [6, 6.07) is 1.58. The molecule has 122 valence electrons. The predicted octanol–water partition coefficient (Wildman–Crippen LogP) is 1.23. The molecule has 0 aliphatic carbocycles. The molecule has 2 aromatic rings.